The lowest BCUT2D eigenvalue weighted by Gasteiger charge is -2.04. The summed E-state index contributed by atoms with van der Waals surface area (Å²) in [4.78, 5) is 16.6. The topological polar surface area (TPSA) is 51.2 Å². The highest BCUT2D eigenvalue weighted by Gasteiger charge is 2.09. The predicted molar refractivity (Wildman–Crippen MR) is 89.7 cm³/mol. The van der Waals surface area contributed by atoms with Gasteiger partial charge in [-0.15, -0.1) is 0 Å². The summed E-state index contributed by atoms with van der Waals surface area (Å²) in [6, 6.07) is 13.6. The second kappa shape index (κ2) is 6.15. The lowest BCUT2D eigenvalue weighted by molar-refractivity contribution is -0.115. The van der Waals surface area contributed by atoms with Crippen LogP contribution in [0.5, 0.6) is 5.75 Å². The van der Waals surface area contributed by atoms with Crippen LogP contribution in [0.4, 0.5) is 5.13 Å². The number of hydrogen-bond donors (Lipinski definition) is 1. The summed E-state index contributed by atoms with van der Waals surface area (Å²) in [7, 11) is 1.61. The van der Waals surface area contributed by atoms with E-state index < -0.39 is 0 Å². The van der Waals surface area contributed by atoms with E-state index >= 15 is 0 Å². The Bertz CT molecular complexity index is 826. The second-order valence-electron chi connectivity index (χ2n) is 5.07. The van der Waals surface area contributed by atoms with Crippen molar-refractivity contribution in [2.75, 3.05) is 12.4 Å². The molecule has 1 amide bonds. The Morgan fingerprint density at radius 1 is 1.27 bits per heavy atom. The molecule has 1 N–H and O–H groups in total. The van der Waals surface area contributed by atoms with Crippen molar-refractivity contribution >= 4 is 32.6 Å². The number of anilines is 1. The van der Waals surface area contributed by atoms with Crippen molar-refractivity contribution in [3.63, 3.8) is 0 Å². The maximum Gasteiger partial charge on any atom is 0.230 e. The van der Waals surface area contributed by atoms with Crippen LogP contribution in [0, 0.1) is 6.92 Å². The number of nitrogens with one attached hydrogen (secondary N) is 1. The van der Waals surface area contributed by atoms with Gasteiger partial charge in [0.2, 0.25) is 5.91 Å². The lowest BCUT2D eigenvalue weighted by atomic mass is 10.1. The number of nitrogens with zero attached hydrogens (tertiary/aromatic N) is 1. The number of methoxy groups -OCH3 is 1. The highest BCUT2D eigenvalue weighted by Crippen LogP contribution is 2.26. The minimum absolute atomic E-state index is 0.0796. The zero-order chi connectivity index (χ0) is 15.5. The minimum Gasteiger partial charge on any atom is -0.497 e. The zero-order valence-corrected chi connectivity index (χ0v) is 13.2. The zero-order valence-electron chi connectivity index (χ0n) is 12.4. The number of carbonyl (C=O) groups excluding carboxylic acids is 1. The maximum absolute atomic E-state index is 12.1. The van der Waals surface area contributed by atoms with Crippen LogP contribution in [-0.2, 0) is 11.2 Å². The highest BCUT2D eigenvalue weighted by atomic mass is 32.1. The maximum atomic E-state index is 12.1. The summed E-state index contributed by atoms with van der Waals surface area (Å²) in [5.41, 5.74) is 3.01. The van der Waals surface area contributed by atoms with Crippen LogP contribution in [0.25, 0.3) is 10.2 Å². The fraction of sp³-hybridized carbons (Fsp3) is 0.176. The van der Waals surface area contributed by atoms with Crippen molar-refractivity contribution in [3.05, 3.63) is 53.6 Å². The van der Waals surface area contributed by atoms with Crippen molar-refractivity contribution in [3.8, 4) is 5.75 Å². The Kier molecular flexibility index (Phi) is 4.06. The van der Waals surface area contributed by atoms with E-state index in [0.29, 0.717) is 11.6 Å². The molecule has 22 heavy (non-hydrogen) atoms. The molecule has 0 bridgehead atoms. The molecule has 0 aliphatic heterocycles. The van der Waals surface area contributed by atoms with E-state index in [0.717, 1.165) is 21.5 Å². The first-order valence-corrected chi connectivity index (χ1v) is 7.75. The molecule has 4 nitrogen and oxygen atoms in total. The van der Waals surface area contributed by atoms with E-state index in [9.17, 15) is 4.79 Å². The van der Waals surface area contributed by atoms with Crippen LogP contribution < -0.4 is 10.1 Å². The normalized spacial score (nSPS) is 10.6. The van der Waals surface area contributed by atoms with Gasteiger partial charge in [-0.25, -0.2) is 4.98 Å². The van der Waals surface area contributed by atoms with Crippen LogP contribution in [0.3, 0.4) is 0 Å². The number of rotatable bonds is 4. The Balaban J connectivity index is 1.72. The monoisotopic (exact) mass is 312 g/mol. The molecule has 0 radical (unpaired) electrons. The fourth-order valence-corrected chi connectivity index (χ4v) is 3.20. The number of amides is 1. The summed E-state index contributed by atoms with van der Waals surface area (Å²) < 4.78 is 6.24. The molecule has 0 saturated heterocycles. The molecule has 0 fully saturated rings. The van der Waals surface area contributed by atoms with Crippen LogP contribution in [0.2, 0.25) is 0 Å². The van der Waals surface area contributed by atoms with E-state index in [1.807, 2.05) is 43.3 Å². The SMILES string of the molecule is COc1cccc(CC(=O)Nc2nc3ccc(C)cc3s2)c1. The van der Waals surface area contributed by atoms with Crippen LogP contribution >= 0.6 is 11.3 Å². The van der Waals surface area contributed by atoms with Crippen LogP contribution in [-0.4, -0.2) is 18.0 Å². The summed E-state index contributed by atoms with van der Waals surface area (Å²) in [6.45, 7) is 2.04. The summed E-state index contributed by atoms with van der Waals surface area (Å²) in [5, 5.41) is 3.50. The van der Waals surface area contributed by atoms with Gasteiger partial charge in [-0.1, -0.05) is 29.5 Å². The first-order chi connectivity index (χ1) is 10.6. The molecule has 1 aromatic heterocycles. The van der Waals surface area contributed by atoms with Gasteiger partial charge in [0.15, 0.2) is 5.13 Å². The molecule has 0 saturated carbocycles. The quantitative estimate of drug-likeness (QED) is 0.797. The van der Waals surface area contributed by atoms with Crippen molar-refractivity contribution in [2.24, 2.45) is 0 Å². The number of aryl methyl sites for hydroxylation is 1. The Hall–Kier alpha value is -2.40. The van der Waals surface area contributed by atoms with Gasteiger partial charge >= 0.3 is 0 Å². The molecule has 0 atom stereocenters. The molecule has 0 spiro atoms. The van der Waals surface area contributed by atoms with Gasteiger partial charge < -0.3 is 10.1 Å². The Labute approximate surface area is 132 Å². The number of thiazole rings is 1. The van der Waals surface area contributed by atoms with Gasteiger partial charge in [0.1, 0.15) is 5.75 Å². The largest absolute Gasteiger partial charge is 0.497 e. The molecule has 2 aromatic carbocycles. The number of benzene rings is 2. The summed E-state index contributed by atoms with van der Waals surface area (Å²) >= 11 is 1.49. The van der Waals surface area contributed by atoms with E-state index in [1.54, 1.807) is 7.11 Å². The standard InChI is InChI=1S/C17H16N2O2S/c1-11-6-7-14-15(8-11)22-17(18-14)19-16(20)10-12-4-3-5-13(9-12)21-2/h3-9H,10H2,1-2H3,(H,18,19,20). The fourth-order valence-electron chi connectivity index (χ4n) is 2.22. The number of hydrogen-bond acceptors (Lipinski definition) is 4. The third-order valence-electron chi connectivity index (χ3n) is 3.29. The van der Waals surface area contributed by atoms with Gasteiger partial charge in [-0.2, -0.15) is 0 Å². The molecule has 3 rings (SSSR count). The van der Waals surface area contributed by atoms with Crippen molar-refractivity contribution in [1.29, 1.82) is 0 Å². The molecule has 5 heteroatoms. The predicted octanol–water partition coefficient (Wildman–Crippen LogP) is 3.79. The van der Waals surface area contributed by atoms with E-state index in [1.165, 1.54) is 16.9 Å². The van der Waals surface area contributed by atoms with Crippen molar-refractivity contribution in [2.45, 2.75) is 13.3 Å². The molecular weight excluding hydrogens is 296 g/mol. The van der Waals surface area contributed by atoms with Crippen molar-refractivity contribution < 1.29 is 9.53 Å². The average Bonchev–Trinajstić information content (AvgIpc) is 2.88. The second-order valence-corrected chi connectivity index (χ2v) is 6.10. The minimum atomic E-state index is -0.0796. The molecule has 0 aliphatic rings. The highest BCUT2D eigenvalue weighted by molar-refractivity contribution is 7.22. The molecule has 3 aromatic rings. The number of ether oxygens (including phenoxy) is 1. The van der Waals surface area contributed by atoms with Crippen LogP contribution in [0.1, 0.15) is 11.1 Å². The molecule has 1 heterocycles. The molecule has 0 unspecified atom stereocenters. The van der Waals surface area contributed by atoms with Crippen molar-refractivity contribution in [1.82, 2.24) is 4.98 Å². The summed E-state index contributed by atoms with van der Waals surface area (Å²) in [6.07, 6.45) is 0.298. The number of carbonyl (C=O) groups is 1. The third kappa shape index (κ3) is 3.26. The van der Waals surface area contributed by atoms with E-state index in [2.05, 4.69) is 16.4 Å². The first kappa shape index (κ1) is 14.5. The molecule has 0 aliphatic carbocycles. The lowest BCUT2D eigenvalue weighted by Crippen LogP contribution is -2.14. The Morgan fingerprint density at radius 2 is 2.14 bits per heavy atom. The molecule has 112 valence electrons. The van der Waals surface area contributed by atoms with E-state index in [4.69, 9.17) is 4.74 Å². The number of fused-ring (bicyclic) bond motifs is 1. The Morgan fingerprint density at radius 3 is 2.95 bits per heavy atom. The smallest absolute Gasteiger partial charge is 0.230 e. The van der Waals surface area contributed by atoms with E-state index in [-0.39, 0.29) is 5.91 Å². The third-order valence-corrected chi connectivity index (χ3v) is 4.22. The summed E-state index contributed by atoms with van der Waals surface area (Å²) in [5.74, 6) is 0.671. The molecular formula is C17H16N2O2S. The first-order valence-electron chi connectivity index (χ1n) is 6.94. The van der Waals surface area contributed by atoms with Gasteiger partial charge in [-0.3, -0.25) is 4.79 Å². The van der Waals surface area contributed by atoms with Gasteiger partial charge in [-0.05, 0) is 42.3 Å². The van der Waals surface area contributed by atoms with Crippen LogP contribution in [0.15, 0.2) is 42.5 Å². The van der Waals surface area contributed by atoms with Gasteiger partial charge in [0.25, 0.3) is 0 Å². The van der Waals surface area contributed by atoms with Gasteiger partial charge in [0, 0.05) is 0 Å². The van der Waals surface area contributed by atoms with Gasteiger partial charge in [0.05, 0.1) is 23.7 Å². The average molecular weight is 312 g/mol. The number of aromatic nitrogens is 1.